The van der Waals surface area contributed by atoms with Crippen molar-refractivity contribution in [1.82, 2.24) is 15.5 Å². The van der Waals surface area contributed by atoms with Gasteiger partial charge in [-0.2, -0.15) is 0 Å². The summed E-state index contributed by atoms with van der Waals surface area (Å²) in [6.45, 7) is 7.81. The summed E-state index contributed by atoms with van der Waals surface area (Å²) in [6, 6.07) is 10.7. The van der Waals surface area contributed by atoms with Crippen LogP contribution < -0.4 is 10.6 Å². The van der Waals surface area contributed by atoms with E-state index in [4.69, 9.17) is 9.73 Å². The van der Waals surface area contributed by atoms with E-state index in [1.807, 2.05) is 4.90 Å². The number of carbonyl (C=O) groups is 1. The van der Waals surface area contributed by atoms with Crippen LogP contribution in [0.15, 0.2) is 35.3 Å². The molecule has 1 aromatic carbocycles. The van der Waals surface area contributed by atoms with Crippen LogP contribution in [0.5, 0.6) is 0 Å². The number of hydrogen-bond donors (Lipinski definition) is 2. The standard InChI is InChI=1S/C24H38N4O2.HI/c1-2-25-23(26-15-9-17-28-16-8-4-7-12-22(28)29)27-20-24(13-18-30-19-14-24)21-10-5-3-6-11-21;/h3,5-6,10-11H,2,4,7-9,12-20H2,1H3,(H2,25,26,27);1H. The molecule has 3 rings (SSSR count). The highest BCUT2D eigenvalue weighted by Crippen LogP contribution is 2.35. The third kappa shape index (κ3) is 7.93. The summed E-state index contributed by atoms with van der Waals surface area (Å²) < 4.78 is 5.64. The number of halogens is 1. The topological polar surface area (TPSA) is 66.0 Å². The fourth-order valence-electron chi connectivity index (χ4n) is 4.42. The van der Waals surface area contributed by atoms with Gasteiger partial charge >= 0.3 is 0 Å². The van der Waals surface area contributed by atoms with Gasteiger partial charge in [-0.15, -0.1) is 24.0 Å². The molecule has 2 N–H and O–H groups in total. The number of benzene rings is 1. The minimum Gasteiger partial charge on any atom is -0.381 e. The summed E-state index contributed by atoms with van der Waals surface area (Å²) in [5.74, 6) is 1.18. The Morgan fingerprint density at radius 2 is 1.90 bits per heavy atom. The van der Waals surface area contributed by atoms with Gasteiger partial charge in [0, 0.05) is 51.2 Å². The lowest BCUT2D eigenvalue weighted by molar-refractivity contribution is -0.130. The van der Waals surface area contributed by atoms with E-state index in [0.29, 0.717) is 12.3 Å². The van der Waals surface area contributed by atoms with E-state index in [9.17, 15) is 4.79 Å². The summed E-state index contributed by atoms with van der Waals surface area (Å²) >= 11 is 0. The van der Waals surface area contributed by atoms with Gasteiger partial charge in [0.25, 0.3) is 0 Å². The first-order chi connectivity index (χ1) is 14.7. The van der Waals surface area contributed by atoms with Crippen LogP contribution in [0.2, 0.25) is 0 Å². The van der Waals surface area contributed by atoms with Gasteiger partial charge in [-0.3, -0.25) is 9.79 Å². The molecule has 2 aliphatic heterocycles. The van der Waals surface area contributed by atoms with Gasteiger partial charge in [-0.1, -0.05) is 36.8 Å². The molecule has 7 heteroatoms. The zero-order valence-corrected chi connectivity index (χ0v) is 21.2. The largest absolute Gasteiger partial charge is 0.381 e. The first-order valence-corrected chi connectivity index (χ1v) is 11.7. The maximum absolute atomic E-state index is 12.2. The predicted molar refractivity (Wildman–Crippen MR) is 137 cm³/mol. The molecule has 0 bridgehead atoms. The SMILES string of the molecule is CCNC(=NCC1(c2ccccc2)CCOCC1)NCCCN1CCCCCC1=O.I. The molecular weight excluding hydrogens is 503 g/mol. The van der Waals surface area contributed by atoms with Gasteiger partial charge < -0.3 is 20.3 Å². The fourth-order valence-corrected chi connectivity index (χ4v) is 4.42. The number of nitrogens with zero attached hydrogens (tertiary/aromatic N) is 2. The third-order valence-electron chi connectivity index (χ3n) is 6.29. The van der Waals surface area contributed by atoms with Gasteiger partial charge in [0.1, 0.15) is 0 Å². The van der Waals surface area contributed by atoms with Crippen LogP contribution in [0, 0.1) is 0 Å². The first kappa shape index (κ1) is 25.9. The third-order valence-corrected chi connectivity index (χ3v) is 6.29. The molecule has 0 saturated carbocycles. The van der Waals surface area contributed by atoms with Crippen LogP contribution >= 0.6 is 24.0 Å². The average molecular weight is 543 g/mol. The first-order valence-electron chi connectivity index (χ1n) is 11.7. The highest BCUT2D eigenvalue weighted by Gasteiger charge is 2.34. The zero-order valence-electron chi connectivity index (χ0n) is 18.9. The van der Waals surface area contributed by atoms with Crippen LogP contribution in [-0.4, -0.2) is 62.7 Å². The van der Waals surface area contributed by atoms with Crippen molar-refractivity contribution < 1.29 is 9.53 Å². The van der Waals surface area contributed by atoms with Crippen molar-refractivity contribution in [2.75, 3.05) is 45.9 Å². The zero-order chi connectivity index (χ0) is 21.1. The molecule has 2 fully saturated rings. The summed E-state index contributed by atoms with van der Waals surface area (Å²) in [7, 11) is 0. The second kappa shape index (κ2) is 13.9. The van der Waals surface area contributed by atoms with Gasteiger partial charge in [0.2, 0.25) is 5.91 Å². The van der Waals surface area contributed by atoms with E-state index >= 15 is 0 Å². The average Bonchev–Trinajstić information content (AvgIpc) is 3.00. The number of hydrogen-bond acceptors (Lipinski definition) is 3. The minimum atomic E-state index is 0. The Morgan fingerprint density at radius 1 is 1.13 bits per heavy atom. The molecule has 2 saturated heterocycles. The maximum Gasteiger partial charge on any atom is 0.222 e. The molecule has 174 valence electrons. The molecule has 31 heavy (non-hydrogen) atoms. The Kier molecular flexibility index (Phi) is 11.6. The number of aliphatic imine (C=N–C) groups is 1. The molecule has 1 amide bonds. The monoisotopic (exact) mass is 542 g/mol. The van der Waals surface area contributed by atoms with E-state index in [0.717, 1.165) is 84.0 Å². The van der Waals surface area contributed by atoms with Crippen LogP contribution in [0.4, 0.5) is 0 Å². The van der Waals surface area contributed by atoms with Gasteiger partial charge in [0.05, 0.1) is 6.54 Å². The molecule has 0 aliphatic carbocycles. The molecule has 2 heterocycles. The lowest BCUT2D eigenvalue weighted by Gasteiger charge is -2.36. The summed E-state index contributed by atoms with van der Waals surface area (Å²) in [5.41, 5.74) is 1.40. The normalized spacial score (nSPS) is 19.3. The van der Waals surface area contributed by atoms with Crippen molar-refractivity contribution in [3.8, 4) is 0 Å². The van der Waals surface area contributed by atoms with E-state index in [2.05, 4.69) is 47.9 Å². The van der Waals surface area contributed by atoms with E-state index in [1.54, 1.807) is 0 Å². The molecular formula is C24H39IN4O2. The Morgan fingerprint density at radius 3 is 2.65 bits per heavy atom. The molecule has 0 atom stereocenters. The fraction of sp³-hybridized carbons (Fsp3) is 0.667. The van der Waals surface area contributed by atoms with E-state index < -0.39 is 0 Å². The van der Waals surface area contributed by atoms with Gasteiger partial charge in [-0.25, -0.2) is 0 Å². The van der Waals surface area contributed by atoms with Crippen LogP contribution in [0.1, 0.15) is 57.4 Å². The summed E-state index contributed by atoms with van der Waals surface area (Å²) in [5, 5.41) is 6.84. The van der Waals surface area contributed by atoms with Crippen LogP contribution in [-0.2, 0) is 14.9 Å². The van der Waals surface area contributed by atoms with Gasteiger partial charge in [0.15, 0.2) is 5.96 Å². The summed E-state index contributed by atoms with van der Waals surface area (Å²) in [4.78, 5) is 19.1. The number of guanidine groups is 1. The van der Waals surface area contributed by atoms with Crippen LogP contribution in [0.25, 0.3) is 0 Å². The second-order valence-electron chi connectivity index (χ2n) is 8.43. The van der Waals surface area contributed by atoms with Crippen molar-refractivity contribution in [2.45, 2.75) is 57.3 Å². The molecule has 1 aromatic rings. The Labute approximate surface area is 204 Å². The number of rotatable bonds is 8. The van der Waals surface area contributed by atoms with E-state index in [-0.39, 0.29) is 29.4 Å². The Balaban J connectivity index is 0.00000341. The van der Waals surface area contributed by atoms with Crippen molar-refractivity contribution in [1.29, 1.82) is 0 Å². The Bertz CT molecular complexity index is 677. The highest BCUT2D eigenvalue weighted by atomic mass is 127. The van der Waals surface area contributed by atoms with E-state index in [1.165, 1.54) is 12.0 Å². The molecule has 0 radical (unpaired) electrons. The van der Waals surface area contributed by atoms with Crippen molar-refractivity contribution in [3.05, 3.63) is 35.9 Å². The number of ether oxygens (including phenoxy) is 1. The van der Waals surface area contributed by atoms with Crippen molar-refractivity contribution in [2.24, 2.45) is 4.99 Å². The maximum atomic E-state index is 12.2. The molecule has 6 nitrogen and oxygen atoms in total. The number of likely N-dealkylation sites (tertiary alicyclic amines) is 1. The minimum absolute atomic E-state index is 0. The number of amides is 1. The number of carbonyl (C=O) groups excluding carboxylic acids is 1. The Hall–Kier alpha value is -1.35. The molecule has 0 aromatic heterocycles. The highest BCUT2D eigenvalue weighted by molar-refractivity contribution is 14.0. The predicted octanol–water partition coefficient (Wildman–Crippen LogP) is 3.70. The van der Waals surface area contributed by atoms with Crippen molar-refractivity contribution in [3.63, 3.8) is 0 Å². The lowest BCUT2D eigenvalue weighted by atomic mass is 9.74. The molecule has 0 unspecified atom stereocenters. The molecule has 2 aliphatic rings. The quantitative estimate of drug-likeness (QED) is 0.228. The summed E-state index contributed by atoms with van der Waals surface area (Å²) in [6.07, 6.45) is 6.99. The lowest BCUT2D eigenvalue weighted by Crippen LogP contribution is -2.42. The van der Waals surface area contributed by atoms with Crippen LogP contribution in [0.3, 0.4) is 0 Å². The molecule has 0 spiro atoms. The van der Waals surface area contributed by atoms with Crippen molar-refractivity contribution >= 4 is 35.8 Å². The van der Waals surface area contributed by atoms with Gasteiger partial charge in [-0.05, 0) is 44.6 Å². The number of nitrogens with one attached hydrogen (secondary N) is 2. The second-order valence-corrected chi connectivity index (χ2v) is 8.43. The smallest absolute Gasteiger partial charge is 0.222 e.